The molecule has 0 bridgehead atoms. The average Bonchev–Trinajstić information content (AvgIpc) is 2.37. The predicted octanol–water partition coefficient (Wildman–Crippen LogP) is 1.40. The lowest BCUT2D eigenvalue weighted by molar-refractivity contribution is 0.114. The molecule has 0 saturated heterocycles. The number of sulfonamides is 1. The third kappa shape index (κ3) is 5.20. The number of benzene rings is 1. The minimum absolute atomic E-state index is 0.271. The molecule has 114 valence electrons. The number of hydrogen-bond donors (Lipinski definition) is 2. The Morgan fingerprint density at radius 1 is 1.35 bits per heavy atom. The fourth-order valence-corrected chi connectivity index (χ4v) is 3.02. The third-order valence-corrected chi connectivity index (χ3v) is 4.38. The first-order chi connectivity index (χ1) is 9.36. The van der Waals surface area contributed by atoms with Crippen LogP contribution in [0.5, 0.6) is 0 Å². The highest BCUT2D eigenvalue weighted by atomic mass is 32.2. The summed E-state index contributed by atoms with van der Waals surface area (Å²) in [6, 6.07) is 5.12. The zero-order valence-electron chi connectivity index (χ0n) is 12.3. The number of hydrogen-bond acceptors (Lipinski definition) is 4. The molecule has 0 fully saturated rings. The summed E-state index contributed by atoms with van der Waals surface area (Å²) in [5.74, 6) is 0.442. The van der Waals surface area contributed by atoms with Crippen molar-refractivity contribution >= 4 is 10.0 Å². The van der Waals surface area contributed by atoms with Crippen molar-refractivity contribution < 1.29 is 13.2 Å². The van der Waals surface area contributed by atoms with Crippen LogP contribution in [-0.2, 0) is 21.3 Å². The fourth-order valence-electron chi connectivity index (χ4n) is 1.78. The molecule has 0 spiro atoms. The molecule has 20 heavy (non-hydrogen) atoms. The molecule has 1 aromatic rings. The molecule has 0 amide bonds. The Bertz CT molecular complexity index is 527. The third-order valence-electron chi connectivity index (χ3n) is 2.75. The maximum atomic E-state index is 12.2. The van der Waals surface area contributed by atoms with E-state index in [1.165, 1.54) is 0 Å². The highest BCUT2D eigenvalue weighted by molar-refractivity contribution is 7.89. The van der Waals surface area contributed by atoms with E-state index >= 15 is 0 Å². The summed E-state index contributed by atoms with van der Waals surface area (Å²) < 4.78 is 32.2. The predicted molar refractivity (Wildman–Crippen MR) is 79.9 cm³/mol. The van der Waals surface area contributed by atoms with Gasteiger partial charge in [0.05, 0.1) is 11.5 Å². The lowest BCUT2D eigenvalue weighted by Crippen LogP contribution is -2.28. The van der Waals surface area contributed by atoms with Crippen molar-refractivity contribution in [2.75, 3.05) is 19.8 Å². The maximum Gasteiger partial charge on any atom is 0.240 e. The zero-order chi connectivity index (χ0) is 15.2. The molecule has 3 N–H and O–H groups in total. The second kappa shape index (κ2) is 7.73. The lowest BCUT2D eigenvalue weighted by Gasteiger charge is -2.11. The van der Waals surface area contributed by atoms with Crippen LogP contribution in [0.2, 0.25) is 0 Å². The quantitative estimate of drug-likeness (QED) is 0.711. The van der Waals surface area contributed by atoms with Crippen LogP contribution < -0.4 is 10.5 Å². The van der Waals surface area contributed by atoms with Crippen LogP contribution in [-0.4, -0.2) is 28.2 Å². The van der Waals surface area contributed by atoms with E-state index < -0.39 is 10.0 Å². The summed E-state index contributed by atoms with van der Waals surface area (Å²) in [7, 11) is -3.49. The van der Waals surface area contributed by atoms with Crippen LogP contribution in [0.3, 0.4) is 0 Å². The SMILES string of the molecule is Cc1cc(CN)ccc1S(=O)(=O)NCCOCC(C)C. The van der Waals surface area contributed by atoms with Gasteiger partial charge in [0.1, 0.15) is 0 Å². The summed E-state index contributed by atoms with van der Waals surface area (Å²) in [4.78, 5) is 0.290. The normalized spacial score (nSPS) is 12.1. The van der Waals surface area contributed by atoms with Crippen molar-refractivity contribution in [3.05, 3.63) is 29.3 Å². The Morgan fingerprint density at radius 3 is 2.60 bits per heavy atom. The van der Waals surface area contributed by atoms with Gasteiger partial charge in [0.15, 0.2) is 0 Å². The second-order valence-corrected chi connectivity index (χ2v) is 6.91. The number of rotatable bonds is 8. The molecule has 0 radical (unpaired) electrons. The van der Waals surface area contributed by atoms with Gasteiger partial charge >= 0.3 is 0 Å². The molecule has 0 saturated carbocycles. The summed E-state index contributed by atoms with van der Waals surface area (Å²) in [6.45, 7) is 7.54. The van der Waals surface area contributed by atoms with Gasteiger partial charge in [-0.2, -0.15) is 0 Å². The number of nitrogens with one attached hydrogen (secondary N) is 1. The molecule has 0 aliphatic carbocycles. The van der Waals surface area contributed by atoms with Gasteiger partial charge in [-0.1, -0.05) is 26.0 Å². The number of nitrogens with two attached hydrogens (primary N) is 1. The van der Waals surface area contributed by atoms with E-state index in [4.69, 9.17) is 10.5 Å². The summed E-state index contributed by atoms with van der Waals surface area (Å²) in [5.41, 5.74) is 7.15. The highest BCUT2D eigenvalue weighted by Crippen LogP contribution is 2.16. The van der Waals surface area contributed by atoms with Gasteiger partial charge in [0.25, 0.3) is 0 Å². The van der Waals surface area contributed by atoms with Gasteiger partial charge in [-0.3, -0.25) is 0 Å². The van der Waals surface area contributed by atoms with Crippen molar-refractivity contribution in [1.82, 2.24) is 4.72 Å². The van der Waals surface area contributed by atoms with Crippen molar-refractivity contribution in [3.63, 3.8) is 0 Å². The fraction of sp³-hybridized carbons (Fsp3) is 0.571. The maximum absolute atomic E-state index is 12.2. The van der Waals surface area contributed by atoms with Crippen LogP contribution in [0.1, 0.15) is 25.0 Å². The van der Waals surface area contributed by atoms with E-state index in [2.05, 4.69) is 4.72 Å². The Labute approximate surface area is 121 Å². The Balaban J connectivity index is 2.60. The van der Waals surface area contributed by atoms with Crippen molar-refractivity contribution in [1.29, 1.82) is 0 Å². The van der Waals surface area contributed by atoms with Crippen LogP contribution in [0, 0.1) is 12.8 Å². The van der Waals surface area contributed by atoms with Crippen LogP contribution in [0.25, 0.3) is 0 Å². The smallest absolute Gasteiger partial charge is 0.240 e. The first-order valence-corrected chi connectivity index (χ1v) is 8.22. The van der Waals surface area contributed by atoms with Crippen molar-refractivity contribution in [2.45, 2.75) is 32.2 Å². The zero-order valence-corrected chi connectivity index (χ0v) is 13.2. The summed E-state index contributed by atoms with van der Waals surface area (Å²) >= 11 is 0. The van der Waals surface area contributed by atoms with Gasteiger partial charge in [-0.15, -0.1) is 0 Å². The monoisotopic (exact) mass is 300 g/mol. The van der Waals surface area contributed by atoms with Gasteiger partial charge < -0.3 is 10.5 Å². The second-order valence-electron chi connectivity index (χ2n) is 5.17. The largest absolute Gasteiger partial charge is 0.380 e. The van der Waals surface area contributed by atoms with Gasteiger partial charge in [0.2, 0.25) is 10.0 Å². The van der Waals surface area contributed by atoms with E-state index in [1.807, 2.05) is 13.8 Å². The number of ether oxygens (including phenoxy) is 1. The molecule has 0 aliphatic rings. The molecule has 0 aliphatic heterocycles. The molecule has 0 heterocycles. The topological polar surface area (TPSA) is 81.4 Å². The first-order valence-electron chi connectivity index (χ1n) is 6.74. The Morgan fingerprint density at radius 2 is 2.05 bits per heavy atom. The van der Waals surface area contributed by atoms with Gasteiger partial charge in [-0.05, 0) is 30.0 Å². The number of aryl methyl sites for hydroxylation is 1. The van der Waals surface area contributed by atoms with Gasteiger partial charge in [0, 0.05) is 19.7 Å². The van der Waals surface area contributed by atoms with Crippen LogP contribution >= 0.6 is 0 Å². The molecular weight excluding hydrogens is 276 g/mol. The Hall–Kier alpha value is -0.950. The van der Waals surface area contributed by atoms with Crippen LogP contribution in [0.15, 0.2) is 23.1 Å². The molecular formula is C14H24N2O3S. The summed E-state index contributed by atoms with van der Waals surface area (Å²) in [5, 5.41) is 0. The molecule has 0 aromatic heterocycles. The highest BCUT2D eigenvalue weighted by Gasteiger charge is 2.16. The minimum atomic E-state index is -3.49. The van der Waals surface area contributed by atoms with E-state index in [9.17, 15) is 8.42 Å². The molecule has 5 nitrogen and oxygen atoms in total. The van der Waals surface area contributed by atoms with Crippen molar-refractivity contribution in [2.24, 2.45) is 11.7 Å². The van der Waals surface area contributed by atoms with E-state index in [0.717, 1.165) is 5.56 Å². The van der Waals surface area contributed by atoms with Crippen LogP contribution in [0.4, 0.5) is 0 Å². The standard InChI is InChI=1S/C14H24N2O3S/c1-11(2)10-19-7-6-16-20(17,18)14-5-4-13(9-15)8-12(14)3/h4-5,8,11,16H,6-7,9-10,15H2,1-3H3. The molecule has 0 unspecified atom stereocenters. The average molecular weight is 300 g/mol. The van der Waals surface area contributed by atoms with Crippen molar-refractivity contribution in [3.8, 4) is 0 Å². The van der Waals surface area contributed by atoms with Gasteiger partial charge in [-0.25, -0.2) is 13.1 Å². The molecule has 0 atom stereocenters. The molecule has 1 aromatic carbocycles. The minimum Gasteiger partial charge on any atom is -0.380 e. The van der Waals surface area contributed by atoms with E-state index in [1.54, 1.807) is 25.1 Å². The van der Waals surface area contributed by atoms with E-state index in [0.29, 0.717) is 36.1 Å². The molecule has 6 heteroatoms. The molecule has 1 rings (SSSR count). The first kappa shape index (κ1) is 17.1. The van der Waals surface area contributed by atoms with E-state index in [-0.39, 0.29) is 6.54 Å². The summed E-state index contributed by atoms with van der Waals surface area (Å²) in [6.07, 6.45) is 0. The lowest BCUT2D eigenvalue weighted by atomic mass is 10.1. The Kier molecular flexibility index (Phi) is 6.61.